The average molecular weight is 613 g/mol. The molecule has 0 aliphatic carbocycles. The first kappa shape index (κ1) is 26.7. The Balaban J connectivity index is 1.25. The van der Waals surface area contributed by atoms with Crippen LogP contribution in [0.1, 0.15) is 0 Å². The first-order chi connectivity index (χ1) is 23.8. The van der Waals surface area contributed by atoms with Crippen molar-refractivity contribution in [1.82, 2.24) is 9.55 Å². The summed E-state index contributed by atoms with van der Waals surface area (Å²) in [6.07, 6.45) is 0. The van der Waals surface area contributed by atoms with Crippen LogP contribution in [0.4, 0.5) is 0 Å². The van der Waals surface area contributed by atoms with Crippen LogP contribution in [-0.2, 0) is 0 Å². The van der Waals surface area contributed by atoms with Crippen molar-refractivity contribution in [2.24, 2.45) is 0 Å². The van der Waals surface area contributed by atoms with Crippen molar-refractivity contribution in [3.05, 3.63) is 170 Å². The molecular weight excluding hydrogens is 585 g/mol. The number of rotatable bonds is 4. The number of furan rings is 1. The van der Waals surface area contributed by atoms with E-state index in [0.717, 1.165) is 61.2 Å². The van der Waals surface area contributed by atoms with Crippen molar-refractivity contribution in [2.75, 3.05) is 0 Å². The summed E-state index contributed by atoms with van der Waals surface area (Å²) in [4.78, 5) is 5.10. The maximum atomic E-state index is 7.04. The predicted molar refractivity (Wildman–Crippen MR) is 200 cm³/mol. The fourth-order valence-electron chi connectivity index (χ4n) is 7.38. The molecule has 0 saturated carbocycles. The van der Waals surface area contributed by atoms with Crippen LogP contribution in [0.15, 0.2) is 174 Å². The van der Waals surface area contributed by atoms with E-state index in [1.54, 1.807) is 0 Å². The van der Waals surface area contributed by atoms with Crippen LogP contribution in [0, 0.1) is 0 Å². The maximum absolute atomic E-state index is 7.04. The highest BCUT2D eigenvalue weighted by Gasteiger charge is 2.21. The summed E-state index contributed by atoms with van der Waals surface area (Å²) in [6, 6.07) is 60.1. The Morgan fingerprint density at radius 3 is 1.96 bits per heavy atom. The highest BCUT2D eigenvalue weighted by atomic mass is 16.3. The van der Waals surface area contributed by atoms with Gasteiger partial charge in [0.15, 0.2) is 5.58 Å². The van der Waals surface area contributed by atoms with Gasteiger partial charge in [-0.15, -0.1) is 0 Å². The van der Waals surface area contributed by atoms with E-state index in [2.05, 4.69) is 162 Å². The lowest BCUT2D eigenvalue weighted by Crippen LogP contribution is -1.98. The summed E-state index contributed by atoms with van der Waals surface area (Å²) in [5, 5.41) is 7.06. The normalized spacial score (nSPS) is 11.8. The quantitative estimate of drug-likeness (QED) is 0.185. The third-order valence-electron chi connectivity index (χ3n) is 9.60. The Morgan fingerprint density at radius 2 is 1.10 bits per heavy atom. The van der Waals surface area contributed by atoms with E-state index in [-0.39, 0.29) is 0 Å². The lowest BCUT2D eigenvalue weighted by Gasteiger charge is -2.13. The Bertz CT molecular complexity index is 2830. The molecule has 0 saturated heterocycles. The largest absolute Gasteiger partial charge is 0.453 e. The topological polar surface area (TPSA) is 31.0 Å². The van der Waals surface area contributed by atoms with E-state index in [0.29, 0.717) is 0 Å². The van der Waals surface area contributed by atoms with Crippen LogP contribution in [0.25, 0.3) is 93.8 Å². The van der Waals surface area contributed by atoms with E-state index < -0.39 is 0 Å². The summed E-state index contributed by atoms with van der Waals surface area (Å²) >= 11 is 0. The van der Waals surface area contributed by atoms with Crippen LogP contribution in [-0.4, -0.2) is 9.55 Å². The first-order valence-electron chi connectivity index (χ1n) is 16.3. The van der Waals surface area contributed by atoms with Gasteiger partial charge in [-0.25, -0.2) is 4.98 Å². The van der Waals surface area contributed by atoms with Gasteiger partial charge < -0.3 is 4.42 Å². The van der Waals surface area contributed by atoms with Gasteiger partial charge in [0, 0.05) is 21.9 Å². The fourth-order valence-corrected chi connectivity index (χ4v) is 7.38. The molecule has 0 aliphatic heterocycles. The summed E-state index contributed by atoms with van der Waals surface area (Å²) < 4.78 is 9.28. The van der Waals surface area contributed by atoms with E-state index >= 15 is 0 Å². The molecule has 3 nitrogen and oxygen atoms in total. The van der Waals surface area contributed by atoms with Crippen molar-refractivity contribution in [3.8, 4) is 39.3 Å². The molecular formula is C45H28N2O. The van der Waals surface area contributed by atoms with Crippen LogP contribution >= 0.6 is 0 Å². The molecule has 0 radical (unpaired) electrons. The van der Waals surface area contributed by atoms with Crippen molar-refractivity contribution in [2.45, 2.75) is 0 Å². The molecule has 0 fully saturated rings. The van der Waals surface area contributed by atoms with Gasteiger partial charge >= 0.3 is 0 Å². The van der Waals surface area contributed by atoms with E-state index in [1.165, 1.54) is 32.7 Å². The molecule has 0 amide bonds. The van der Waals surface area contributed by atoms with E-state index in [4.69, 9.17) is 9.40 Å². The van der Waals surface area contributed by atoms with Gasteiger partial charge in [-0.3, -0.25) is 4.57 Å². The minimum atomic E-state index is 0.844. The molecule has 0 aliphatic rings. The highest BCUT2D eigenvalue weighted by molar-refractivity contribution is 6.19. The molecule has 2 aromatic heterocycles. The second-order valence-corrected chi connectivity index (χ2v) is 12.3. The number of aromatic nitrogens is 2. The summed E-state index contributed by atoms with van der Waals surface area (Å²) in [6.45, 7) is 0. The van der Waals surface area contributed by atoms with Crippen molar-refractivity contribution in [1.29, 1.82) is 0 Å². The SMILES string of the molecule is c1ccc(-c2ccc3c(-c4cccc5c4oc4c(-n6c(-c7ccccc7)nc7ccccc76)cccc45)cc4ccccc4c3c2)cc1. The highest BCUT2D eigenvalue weighted by Crippen LogP contribution is 2.43. The minimum Gasteiger partial charge on any atom is -0.453 e. The number of fused-ring (bicyclic) bond motifs is 7. The first-order valence-corrected chi connectivity index (χ1v) is 16.3. The number of hydrogen-bond acceptors (Lipinski definition) is 2. The van der Waals surface area contributed by atoms with Crippen molar-refractivity contribution in [3.63, 3.8) is 0 Å². The average Bonchev–Trinajstić information content (AvgIpc) is 3.74. The molecule has 3 heteroatoms. The molecule has 0 unspecified atom stereocenters. The molecule has 8 aromatic carbocycles. The van der Waals surface area contributed by atoms with Gasteiger partial charge in [0.05, 0.1) is 16.7 Å². The van der Waals surface area contributed by atoms with Gasteiger partial charge in [0.2, 0.25) is 0 Å². The van der Waals surface area contributed by atoms with Gasteiger partial charge in [0.25, 0.3) is 0 Å². The number of hydrogen-bond donors (Lipinski definition) is 0. The summed E-state index contributed by atoms with van der Waals surface area (Å²) in [5.74, 6) is 0.889. The fraction of sp³-hybridized carbons (Fsp3) is 0. The van der Waals surface area contributed by atoms with Crippen molar-refractivity contribution >= 4 is 54.5 Å². The molecule has 10 rings (SSSR count). The zero-order chi connectivity index (χ0) is 31.6. The monoisotopic (exact) mass is 612 g/mol. The smallest absolute Gasteiger partial charge is 0.159 e. The Hall–Kier alpha value is -6.45. The van der Waals surface area contributed by atoms with Crippen molar-refractivity contribution < 1.29 is 4.42 Å². The van der Waals surface area contributed by atoms with E-state index in [1.807, 2.05) is 12.1 Å². The van der Waals surface area contributed by atoms with E-state index in [9.17, 15) is 0 Å². The number of nitrogens with zero attached hydrogens (tertiary/aromatic N) is 2. The van der Waals surface area contributed by atoms with Crippen LogP contribution in [0.3, 0.4) is 0 Å². The molecule has 0 N–H and O–H groups in total. The third kappa shape index (κ3) is 4.04. The molecule has 48 heavy (non-hydrogen) atoms. The molecule has 224 valence electrons. The Labute approximate surface area is 277 Å². The van der Waals surface area contributed by atoms with Crippen LogP contribution in [0.2, 0.25) is 0 Å². The molecule has 10 aromatic rings. The number of benzene rings is 8. The standard InChI is InChI=1S/C45H28N2O/c1-3-13-29(14-4-1)31-25-26-34-38(27-31)33-18-8-7-17-32(33)28-39(34)37-20-11-19-35-36-21-12-24-42(44(36)48-43(35)37)47-41-23-10-9-22-40(41)46-45(47)30-15-5-2-6-16-30/h1-28H. The lowest BCUT2D eigenvalue weighted by molar-refractivity contribution is 0.667. The number of imidazole rings is 1. The Kier molecular flexibility index (Phi) is 5.87. The van der Waals surface area contributed by atoms with Crippen LogP contribution < -0.4 is 0 Å². The molecule has 2 heterocycles. The van der Waals surface area contributed by atoms with Gasteiger partial charge in [-0.1, -0.05) is 140 Å². The second-order valence-electron chi connectivity index (χ2n) is 12.3. The minimum absolute atomic E-state index is 0.844. The van der Waals surface area contributed by atoms with Gasteiger partial charge in [-0.05, 0) is 68.6 Å². The molecule has 0 spiro atoms. The summed E-state index contributed by atoms with van der Waals surface area (Å²) in [7, 11) is 0. The third-order valence-corrected chi connectivity index (χ3v) is 9.60. The van der Waals surface area contributed by atoms with Crippen LogP contribution in [0.5, 0.6) is 0 Å². The number of para-hydroxylation sites is 4. The zero-order valence-corrected chi connectivity index (χ0v) is 26.0. The second kappa shape index (κ2) is 10.5. The molecule has 0 atom stereocenters. The predicted octanol–water partition coefficient (Wildman–Crippen LogP) is 12.2. The zero-order valence-electron chi connectivity index (χ0n) is 26.0. The van der Waals surface area contributed by atoms with Gasteiger partial charge in [0.1, 0.15) is 11.4 Å². The molecule has 0 bridgehead atoms. The Morgan fingerprint density at radius 1 is 0.417 bits per heavy atom. The summed E-state index contributed by atoms with van der Waals surface area (Å²) in [5.41, 5.74) is 10.4. The van der Waals surface area contributed by atoms with Gasteiger partial charge in [-0.2, -0.15) is 0 Å². The lowest BCUT2D eigenvalue weighted by atomic mass is 9.90. The maximum Gasteiger partial charge on any atom is 0.159 e.